The highest BCUT2D eigenvalue weighted by Gasteiger charge is 2.04. The number of nitrogens with one attached hydrogen (secondary N) is 2. The molecule has 5 nitrogen and oxygen atoms in total. The Labute approximate surface area is 107 Å². The van der Waals surface area contributed by atoms with Crippen LogP contribution < -0.4 is 15.4 Å². The number of amides is 1. The Morgan fingerprint density at radius 2 is 2.28 bits per heavy atom. The van der Waals surface area contributed by atoms with Crippen LogP contribution in [0.5, 0.6) is 5.75 Å². The van der Waals surface area contributed by atoms with E-state index in [1.165, 1.54) is 0 Å². The SMILES string of the molecule is CCC(O)CNCC(=O)Nc1cccc(OC)c1. The van der Waals surface area contributed by atoms with Crippen LogP contribution in [0.15, 0.2) is 24.3 Å². The van der Waals surface area contributed by atoms with Crippen LogP contribution in [0, 0.1) is 0 Å². The molecule has 18 heavy (non-hydrogen) atoms. The molecule has 1 atom stereocenters. The molecule has 0 aromatic heterocycles. The smallest absolute Gasteiger partial charge is 0.238 e. The minimum Gasteiger partial charge on any atom is -0.497 e. The van der Waals surface area contributed by atoms with Gasteiger partial charge in [-0.2, -0.15) is 0 Å². The molecule has 1 rings (SSSR count). The Hall–Kier alpha value is -1.59. The summed E-state index contributed by atoms with van der Waals surface area (Å²) in [5, 5.41) is 15.0. The summed E-state index contributed by atoms with van der Waals surface area (Å²) in [4.78, 5) is 11.6. The molecule has 0 aliphatic rings. The second-order valence-electron chi connectivity index (χ2n) is 3.97. The largest absolute Gasteiger partial charge is 0.497 e. The van der Waals surface area contributed by atoms with E-state index in [9.17, 15) is 9.90 Å². The van der Waals surface area contributed by atoms with E-state index in [1.807, 2.05) is 19.1 Å². The zero-order valence-corrected chi connectivity index (χ0v) is 10.8. The van der Waals surface area contributed by atoms with Gasteiger partial charge in [0.25, 0.3) is 0 Å². The first kappa shape index (κ1) is 14.5. The summed E-state index contributed by atoms with van der Waals surface area (Å²) < 4.78 is 5.06. The van der Waals surface area contributed by atoms with Crippen LogP contribution in [0.25, 0.3) is 0 Å². The van der Waals surface area contributed by atoms with Crippen molar-refractivity contribution >= 4 is 11.6 Å². The van der Waals surface area contributed by atoms with Crippen LogP contribution >= 0.6 is 0 Å². The molecule has 3 N–H and O–H groups in total. The third-order valence-corrected chi connectivity index (χ3v) is 2.49. The summed E-state index contributed by atoms with van der Waals surface area (Å²) >= 11 is 0. The Morgan fingerprint density at radius 1 is 1.50 bits per heavy atom. The highest BCUT2D eigenvalue weighted by Crippen LogP contribution is 2.16. The van der Waals surface area contributed by atoms with Gasteiger partial charge in [-0.15, -0.1) is 0 Å². The lowest BCUT2D eigenvalue weighted by Gasteiger charge is -2.10. The number of aliphatic hydroxyl groups is 1. The van der Waals surface area contributed by atoms with Gasteiger partial charge in [-0.05, 0) is 18.6 Å². The van der Waals surface area contributed by atoms with Gasteiger partial charge in [-0.1, -0.05) is 13.0 Å². The van der Waals surface area contributed by atoms with Gasteiger partial charge in [0.1, 0.15) is 5.75 Å². The van der Waals surface area contributed by atoms with Gasteiger partial charge in [0.05, 0.1) is 19.8 Å². The second kappa shape index (κ2) is 7.68. The summed E-state index contributed by atoms with van der Waals surface area (Å²) in [6.07, 6.45) is 0.263. The van der Waals surface area contributed by atoms with E-state index in [1.54, 1.807) is 19.2 Å². The number of rotatable bonds is 7. The van der Waals surface area contributed by atoms with Crippen molar-refractivity contribution in [1.82, 2.24) is 5.32 Å². The quantitative estimate of drug-likeness (QED) is 0.677. The fraction of sp³-hybridized carbons (Fsp3) is 0.462. The van der Waals surface area contributed by atoms with Crippen molar-refractivity contribution < 1.29 is 14.6 Å². The molecular weight excluding hydrogens is 232 g/mol. The second-order valence-corrected chi connectivity index (χ2v) is 3.97. The maximum atomic E-state index is 11.6. The number of aliphatic hydroxyl groups excluding tert-OH is 1. The van der Waals surface area contributed by atoms with Crippen LogP contribution in [0.4, 0.5) is 5.69 Å². The Bertz CT molecular complexity index is 382. The van der Waals surface area contributed by atoms with Crippen molar-refractivity contribution in [3.8, 4) is 5.75 Å². The molecule has 0 saturated heterocycles. The van der Waals surface area contributed by atoms with E-state index in [-0.39, 0.29) is 12.5 Å². The summed E-state index contributed by atoms with van der Waals surface area (Å²) in [6, 6.07) is 7.16. The maximum absolute atomic E-state index is 11.6. The predicted molar refractivity (Wildman–Crippen MR) is 70.8 cm³/mol. The summed E-state index contributed by atoms with van der Waals surface area (Å²) in [7, 11) is 1.58. The van der Waals surface area contributed by atoms with Crippen LogP contribution in [0.2, 0.25) is 0 Å². The minimum atomic E-state index is -0.408. The van der Waals surface area contributed by atoms with Gasteiger partial charge in [0.2, 0.25) is 5.91 Å². The van der Waals surface area contributed by atoms with Crippen molar-refractivity contribution in [2.75, 3.05) is 25.5 Å². The lowest BCUT2D eigenvalue weighted by Crippen LogP contribution is -2.33. The molecule has 1 amide bonds. The number of methoxy groups -OCH3 is 1. The topological polar surface area (TPSA) is 70.6 Å². The fourth-order valence-corrected chi connectivity index (χ4v) is 1.40. The van der Waals surface area contributed by atoms with Gasteiger partial charge in [0, 0.05) is 18.3 Å². The van der Waals surface area contributed by atoms with Gasteiger partial charge in [-0.3, -0.25) is 4.79 Å². The number of anilines is 1. The van der Waals surface area contributed by atoms with Crippen LogP contribution in [-0.2, 0) is 4.79 Å². The number of benzene rings is 1. The normalized spacial score (nSPS) is 11.9. The van der Waals surface area contributed by atoms with Gasteiger partial charge in [-0.25, -0.2) is 0 Å². The molecule has 0 aliphatic heterocycles. The van der Waals surface area contributed by atoms with Gasteiger partial charge < -0.3 is 20.5 Å². The predicted octanol–water partition coefficient (Wildman–Crippen LogP) is 0.994. The van der Waals surface area contributed by atoms with Crippen molar-refractivity contribution in [3.63, 3.8) is 0 Å². The zero-order valence-electron chi connectivity index (χ0n) is 10.8. The minimum absolute atomic E-state index is 0.147. The first-order chi connectivity index (χ1) is 8.65. The standard InChI is InChI=1S/C13H20N2O3/c1-3-11(16)8-14-9-13(17)15-10-5-4-6-12(7-10)18-2/h4-7,11,14,16H,3,8-9H2,1-2H3,(H,15,17). The van der Waals surface area contributed by atoms with Crippen LogP contribution in [-0.4, -0.2) is 37.3 Å². The fourth-order valence-electron chi connectivity index (χ4n) is 1.40. The third kappa shape index (κ3) is 5.16. The molecule has 1 aromatic rings. The molecule has 0 radical (unpaired) electrons. The van der Waals surface area contributed by atoms with Gasteiger partial charge >= 0.3 is 0 Å². The number of ether oxygens (including phenoxy) is 1. The third-order valence-electron chi connectivity index (χ3n) is 2.49. The molecule has 0 spiro atoms. The Kier molecular flexibility index (Phi) is 6.18. The number of carbonyl (C=O) groups excluding carboxylic acids is 1. The lowest BCUT2D eigenvalue weighted by molar-refractivity contribution is -0.115. The summed E-state index contributed by atoms with van der Waals surface area (Å²) in [5.74, 6) is 0.550. The molecule has 0 fully saturated rings. The summed E-state index contributed by atoms with van der Waals surface area (Å²) in [5.41, 5.74) is 0.692. The van der Waals surface area contributed by atoms with Gasteiger partial charge in [0.15, 0.2) is 0 Å². The molecule has 1 unspecified atom stereocenters. The van der Waals surface area contributed by atoms with E-state index < -0.39 is 6.10 Å². The van der Waals surface area contributed by atoms with Crippen LogP contribution in [0.1, 0.15) is 13.3 Å². The Balaban J connectivity index is 2.35. The number of hydrogen-bond acceptors (Lipinski definition) is 4. The molecule has 100 valence electrons. The molecule has 0 saturated carbocycles. The first-order valence-electron chi connectivity index (χ1n) is 5.98. The summed E-state index contributed by atoms with van der Waals surface area (Å²) in [6.45, 7) is 2.49. The van der Waals surface area contributed by atoms with E-state index in [0.717, 1.165) is 0 Å². The lowest BCUT2D eigenvalue weighted by atomic mass is 10.3. The highest BCUT2D eigenvalue weighted by atomic mass is 16.5. The van der Waals surface area contributed by atoms with Crippen LogP contribution in [0.3, 0.4) is 0 Å². The van der Waals surface area contributed by atoms with Crippen molar-refractivity contribution in [1.29, 1.82) is 0 Å². The van der Waals surface area contributed by atoms with E-state index in [4.69, 9.17) is 4.74 Å². The molecule has 0 bridgehead atoms. The molecule has 0 heterocycles. The monoisotopic (exact) mass is 252 g/mol. The molecule has 5 heteroatoms. The molecule has 0 aliphatic carbocycles. The van der Waals surface area contributed by atoms with E-state index >= 15 is 0 Å². The zero-order chi connectivity index (χ0) is 13.4. The van der Waals surface area contributed by atoms with E-state index in [2.05, 4.69) is 10.6 Å². The average molecular weight is 252 g/mol. The van der Waals surface area contributed by atoms with Crippen molar-refractivity contribution in [3.05, 3.63) is 24.3 Å². The van der Waals surface area contributed by atoms with Crippen molar-refractivity contribution in [2.24, 2.45) is 0 Å². The Morgan fingerprint density at radius 3 is 2.94 bits per heavy atom. The molecule has 1 aromatic carbocycles. The number of carbonyl (C=O) groups is 1. The molecular formula is C13H20N2O3. The van der Waals surface area contributed by atoms with Crippen molar-refractivity contribution in [2.45, 2.75) is 19.4 Å². The highest BCUT2D eigenvalue weighted by molar-refractivity contribution is 5.92. The van der Waals surface area contributed by atoms with E-state index in [0.29, 0.717) is 24.4 Å². The maximum Gasteiger partial charge on any atom is 0.238 e. The number of hydrogen-bond donors (Lipinski definition) is 3. The first-order valence-corrected chi connectivity index (χ1v) is 5.98. The average Bonchev–Trinajstić information content (AvgIpc) is 2.38.